The second-order valence-electron chi connectivity index (χ2n) is 3.24. The molecule has 1 fully saturated rings. The van der Waals surface area contributed by atoms with Gasteiger partial charge >= 0.3 is 0 Å². The smallest absolute Gasteiger partial charge is 0.260 e. The van der Waals surface area contributed by atoms with Gasteiger partial charge in [0.25, 0.3) is 5.92 Å². The predicted molar refractivity (Wildman–Crippen MR) is 44.5 cm³/mol. The summed E-state index contributed by atoms with van der Waals surface area (Å²) in [5, 5.41) is 3.13. The molecule has 72 valence electrons. The molecule has 1 rings (SSSR count). The van der Waals surface area contributed by atoms with E-state index in [2.05, 4.69) is 5.32 Å². The van der Waals surface area contributed by atoms with Crippen molar-refractivity contribution >= 4 is 0 Å². The van der Waals surface area contributed by atoms with Gasteiger partial charge in [0, 0.05) is 32.6 Å². The Kier molecular flexibility index (Phi) is 3.40. The number of piperazine rings is 1. The normalized spacial score (nSPS) is 21.2. The van der Waals surface area contributed by atoms with Gasteiger partial charge in [0.15, 0.2) is 0 Å². The van der Waals surface area contributed by atoms with E-state index in [1.165, 1.54) is 6.92 Å². The number of nitrogens with one attached hydrogen (secondary N) is 1. The molecule has 2 nitrogen and oxygen atoms in total. The number of nitrogens with zero attached hydrogens (tertiary/aromatic N) is 1. The van der Waals surface area contributed by atoms with Gasteiger partial charge in [0.1, 0.15) is 0 Å². The van der Waals surface area contributed by atoms with Crippen molar-refractivity contribution in [1.29, 1.82) is 0 Å². The molecule has 0 spiro atoms. The maximum absolute atomic E-state index is 12.9. The van der Waals surface area contributed by atoms with E-state index in [0.717, 1.165) is 26.2 Å². The van der Waals surface area contributed by atoms with E-state index >= 15 is 0 Å². The first-order valence-corrected chi connectivity index (χ1v) is 4.45. The van der Waals surface area contributed by atoms with Crippen LogP contribution in [0, 0.1) is 0 Å². The van der Waals surface area contributed by atoms with Crippen LogP contribution in [0.25, 0.3) is 0 Å². The topological polar surface area (TPSA) is 15.3 Å². The van der Waals surface area contributed by atoms with Crippen LogP contribution in [0.15, 0.2) is 0 Å². The average molecular weight is 178 g/mol. The molecule has 0 amide bonds. The summed E-state index contributed by atoms with van der Waals surface area (Å²) >= 11 is 0. The van der Waals surface area contributed by atoms with Crippen LogP contribution in [-0.2, 0) is 0 Å². The van der Waals surface area contributed by atoms with Crippen LogP contribution < -0.4 is 5.32 Å². The molecule has 1 aliphatic heterocycles. The third kappa shape index (κ3) is 3.03. The zero-order chi connectivity index (χ0) is 9.03. The Bertz CT molecular complexity index is 133. The lowest BCUT2D eigenvalue weighted by Crippen LogP contribution is -2.47. The van der Waals surface area contributed by atoms with Gasteiger partial charge in [0.2, 0.25) is 0 Å². The monoisotopic (exact) mass is 178 g/mol. The van der Waals surface area contributed by atoms with Crippen molar-refractivity contribution in [1.82, 2.24) is 10.2 Å². The van der Waals surface area contributed by atoms with E-state index in [-0.39, 0.29) is 13.0 Å². The molecular weight excluding hydrogens is 162 g/mol. The SMILES string of the molecule is CCC(F)(F)CN1CCNCC1. The minimum absolute atomic E-state index is 0.0586. The lowest BCUT2D eigenvalue weighted by atomic mass is 10.2. The summed E-state index contributed by atoms with van der Waals surface area (Å²) < 4.78 is 25.8. The molecule has 0 atom stereocenters. The minimum Gasteiger partial charge on any atom is -0.314 e. The number of halogens is 2. The molecule has 12 heavy (non-hydrogen) atoms. The minimum atomic E-state index is -2.50. The number of hydrogen-bond acceptors (Lipinski definition) is 2. The molecular formula is C8H16F2N2. The molecule has 0 aliphatic carbocycles. The summed E-state index contributed by atoms with van der Waals surface area (Å²) in [5.41, 5.74) is 0. The Labute approximate surface area is 71.9 Å². The van der Waals surface area contributed by atoms with Gasteiger partial charge < -0.3 is 5.32 Å². The van der Waals surface area contributed by atoms with E-state index < -0.39 is 5.92 Å². The van der Waals surface area contributed by atoms with Gasteiger partial charge in [-0.05, 0) is 0 Å². The first-order chi connectivity index (χ1) is 5.64. The quantitative estimate of drug-likeness (QED) is 0.691. The molecule has 4 heteroatoms. The Hall–Kier alpha value is -0.220. The lowest BCUT2D eigenvalue weighted by molar-refractivity contribution is -0.0372. The van der Waals surface area contributed by atoms with Gasteiger partial charge in [-0.1, -0.05) is 6.92 Å². The molecule has 0 bridgehead atoms. The lowest BCUT2D eigenvalue weighted by Gasteiger charge is -2.30. The fourth-order valence-corrected chi connectivity index (χ4v) is 1.31. The van der Waals surface area contributed by atoms with Crippen molar-refractivity contribution in [2.24, 2.45) is 0 Å². The Balaban J connectivity index is 2.28. The van der Waals surface area contributed by atoms with Gasteiger partial charge in [-0.25, -0.2) is 8.78 Å². The zero-order valence-corrected chi connectivity index (χ0v) is 7.45. The molecule has 1 N–H and O–H groups in total. The fourth-order valence-electron chi connectivity index (χ4n) is 1.31. The van der Waals surface area contributed by atoms with Crippen molar-refractivity contribution in [2.75, 3.05) is 32.7 Å². The third-order valence-electron chi connectivity index (χ3n) is 2.18. The van der Waals surface area contributed by atoms with Gasteiger partial charge in [0.05, 0.1) is 6.54 Å². The Morgan fingerprint density at radius 3 is 2.42 bits per heavy atom. The van der Waals surface area contributed by atoms with E-state index in [4.69, 9.17) is 0 Å². The fraction of sp³-hybridized carbons (Fsp3) is 1.00. The van der Waals surface area contributed by atoms with Crippen LogP contribution >= 0.6 is 0 Å². The van der Waals surface area contributed by atoms with Crippen LogP contribution in [0.2, 0.25) is 0 Å². The molecule has 1 heterocycles. The molecule has 1 aliphatic rings. The number of rotatable bonds is 3. The van der Waals surface area contributed by atoms with Crippen LogP contribution in [0.4, 0.5) is 8.78 Å². The van der Waals surface area contributed by atoms with Crippen molar-refractivity contribution < 1.29 is 8.78 Å². The second kappa shape index (κ2) is 4.14. The highest BCUT2D eigenvalue weighted by Crippen LogP contribution is 2.19. The molecule has 1 saturated heterocycles. The van der Waals surface area contributed by atoms with Crippen molar-refractivity contribution in [2.45, 2.75) is 19.3 Å². The Morgan fingerprint density at radius 1 is 1.33 bits per heavy atom. The first kappa shape index (κ1) is 9.86. The largest absolute Gasteiger partial charge is 0.314 e. The molecule has 0 radical (unpaired) electrons. The van der Waals surface area contributed by atoms with E-state index in [0.29, 0.717) is 0 Å². The van der Waals surface area contributed by atoms with Crippen molar-refractivity contribution in [3.8, 4) is 0 Å². The van der Waals surface area contributed by atoms with E-state index in [9.17, 15) is 8.78 Å². The van der Waals surface area contributed by atoms with Gasteiger partial charge in [-0.15, -0.1) is 0 Å². The highest BCUT2D eigenvalue weighted by Gasteiger charge is 2.29. The van der Waals surface area contributed by atoms with Gasteiger partial charge in [-0.3, -0.25) is 4.90 Å². The van der Waals surface area contributed by atoms with Crippen LogP contribution in [0.3, 0.4) is 0 Å². The third-order valence-corrected chi connectivity index (χ3v) is 2.18. The summed E-state index contributed by atoms with van der Waals surface area (Å²) in [7, 11) is 0. The summed E-state index contributed by atoms with van der Waals surface area (Å²) in [6, 6.07) is 0. The summed E-state index contributed by atoms with van der Waals surface area (Å²) in [5.74, 6) is -2.50. The van der Waals surface area contributed by atoms with Crippen LogP contribution in [0.1, 0.15) is 13.3 Å². The summed E-state index contributed by atoms with van der Waals surface area (Å²) in [6.45, 7) is 4.61. The number of hydrogen-bond donors (Lipinski definition) is 1. The second-order valence-corrected chi connectivity index (χ2v) is 3.24. The highest BCUT2D eigenvalue weighted by molar-refractivity contribution is 4.74. The average Bonchev–Trinajstić information content (AvgIpc) is 2.06. The Morgan fingerprint density at radius 2 is 1.92 bits per heavy atom. The molecule has 0 aromatic carbocycles. The van der Waals surface area contributed by atoms with E-state index in [1.54, 1.807) is 0 Å². The maximum Gasteiger partial charge on any atom is 0.260 e. The van der Waals surface area contributed by atoms with Crippen LogP contribution in [0.5, 0.6) is 0 Å². The van der Waals surface area contributed by atoms with Crippen molar-refractivity contribution in [3.63, 3.8) is 0 Å². The molecule has 0 saturated carbocycles. The molecule has 0 aromatic heterocycles. The van der Waals surface area contributed by atoms with Gasteiger partial charge in [-0.2, -0.15) is 0 Å². The summed E-state index contributed by atoms with van der Waals surface area (Å²) in [4.78, 5) is 1.82. The maximum atomic E-state index is 12.9. The highest BCUT2D eigenvalue weighted by atomic mass is 19.3. The van der Waals surface area contributed by atoms with Crippen molar-refractivity contribution in [3.05, 3.63) is 0 Å². The first-order valence-electron chi connectivity index (χ1n) is 4.45. The number of alkyl halides is 2. The standard InChI is InChI=1S/C8H16F2N2/c1-2-8(9,10)7-12-5-3-11-4-6-12/h11H,2-7H2,1H3. The van der Waals surface area contributed by atoms with E-state index in [1.807, 2.05) is 4.90 Å². The molecule has 0 unspecified atom stereocenters. The predicted octanol–water partition coefficient (Wildman–Crippen LogP) is 0.937. The van der Waals surface area contributed by atoms with Crippen LogP contribution in [-0.4, -0.2) is 43.5 Å². The molecule has 0 aromatic rings. The zero-order valence-electron chi connectivity index (χ0n) is 7.45. The summed E-state index contributed by atoms with van der Waals surface area (Å²) in [6.07, 6.45) is -0.0586.